The first-order chi connectivity index (χ1) is 25.3. The molecule has 1 saturated heterocycles. The first-order valence-corrected chi connectivity index (χ1v) is 17.3. The van der Waals surface area contributed by atoms with Gasteiger partial charge in [-0.1, -0.05) is 61.5 Å². The van der Waals surface area contributed by atoms with Gasteiger partial charge in [0.2, 0.25) is 11.8 Å². The molecule has 0 bridgehead atoms. The Morgan fingerprint density at radius 1 is 0.692 bits per heavy atom. The van der Waals surface area contributed by atoms with Crippen LogP contribution in [0.25, 0.3) is 11.1 Å². The fourth-order valence-electron chi connectivity index (χ4n) is 6.32. The molecule has 1 fully saturated rings. The lowest BCUT2D eigenvalue weighted by molar-refractivity contribution is -0.136. The summed E-state index contributed by atoms with van der Waals surface area (Å²) in [5.41, 5.74) is 5.88. The number of nitrogens with zero attached hydrogens (tertiary/aromatic N) is 1. The molecule has 0 spiro atoms. The lowest BCUT2D eigenvalue weighted by atomic mass is 9.88. The smallest absolute Gasteiger partial charge is 0.262 e. The summed E-state index contributed by atoms with van der Waals surface area (Å²) in [5.74, 6) is -0.881. The van der Waals surface area contributed by atoms with E-state index in [1.54, 1.807) is 18.2 Å². The number of nitrogens with one attached hydrogen (secondary N) is 1. The quantitative estimate of drug-likeness (QED) is 0.0860. The van der Waals surface area contributed by atoms with Crippen LogP contribution in [0.4, 0.5) is 0 Å². The van der Waals surface area contributed by atoms with Crippen LogP contribution in [0.1, 0.15) is 63.6 Å². The number of amides is 4. The van der Waals surface area contributed by atoms with Crippen LogP contribution in [-0.2, 0) is 19.1 Å². The zero-order valence-corrected chi connectivity index (χ0v) is 28.8. The monoisotopic (exact) mass is 704 g/mol. The van der Waals surface area contributed by atoms with Crippen LogP contribution >= 0.6 is 0 Å². The normalized spacial score (nSPS) is 16.0. The molecule has 2 aliphatic rings. The first kappa shape index (κ1) is 36.0. The Bertz CT molecular complexity index is 1940. The van der Waals surface area contributed by atoms with Crippen molar-refractivity contribution in [2.75, 3.05) is 39.6 Å². The number of benzene rings is 4. The van der Waals surface area contributed by atoms with Gasteiger partial charge in [0.1, 0.15) is 36.5 Å². The third kappa shape index (κ3) is 8.39. The van der Waals surface area contributed by atoms with E-state index in [9.17, 15) is 24.3 Å². The van der Waals surface area contributed by atoms with Crippen LogP contribution in [0.5, 0.6) is 17.2 Å². The van der Waals surface area contributed by atoms with Crippen LogP contribution in [-0.4, -0.2) is 79.3 Å². The number of imide groups is 2. The second-order valence-corrected chi connectivity index (χ2v) is 12.2. The van der Waals surface area contributed by atoms with E-state index in [0.717, 1.165) is 39.3 Å². The molecule has 0 aliphatic carbocycles. The van der Waals surface area contributed by atoms with Crippen molar-refractivity contribution in [2.45, 2.75) is 32.2 Å². The summed E-state index contributed by atoms with van der Waals surface area (Å²) < 4.78 is 22.9. The average Bonchev–Trinajstić information content (AvgIpc) is 3.40. The summed E-state index contributed by atoms with van der Waals surface area (Å²) in [6, 6.07) is 29.1. The number of ether oxygens (including phenoxy) is 4. The maximum Gasteiger partial charge on any atom is 0.262 e. The number of aromatic hydroxyl groups is 1. The molecule has 6 rings (SSSR count). The second kappa shape index (κ2) is 17.0. The third-order valence-electron chi connectivity index (χ3n) is 8.85. The Hall–Kier alpha value is -5.78. The molecule has 1 unspecified atom stereocenters. The molecule has 11 heteroatoms. The van der Waals surface area contributed by atoms with E-state index in [2.05, 4.69) is 24.4 Å². The molecule has 4 aromatic rings. The number of hydrogen-bond acceptors (Lipinski definition) is 9. The van der Waals surface area contributed by atoms with Gasteiger partial charge in [0.05, 0.1) is 37.6 Å². The number of carbonyl (C=O) groups is 4. The second-order valence-electron chi connectivity index (χ2n) is 12.2. The zero-order chi connectivity index (χ0) is 36.5. The minimum absolute atomic E-state index is 0.0603. The van der Waals surface area contributed by atoms with E-state index < -0.39 is 29.7 Å². The van der Waals surface area contributed by atoms with Gasteiger partial charge in [-0.05, 0) is 83.1 Å². The van der Waals surface area contributed by atoms with Crippen LogP contribution < -0.4 is 14.8 Å². The summed E-state index contributed by atoms with van der Waals surface area (Å²) in [7, 11) is 0. The van der Waals surface area contributed by atoms with Crippen molar-refractivity contribution in [3.05, 3.63) is 125 Å². The zero-order valence-electron chi connectivity index (χ0n) is 28.8. The number of piperidine rings is 1. The lowest BCUT2D eigenvalue weighted by Gasteiger charge is -2.27. The minimum atomic E-state index is -1.02. The van der Waals surface area contributed by atoms with Gasteiger partial charge in [0.15, 0.2) is 0 Å². The Morgan fingerprint density at radius 3 is 1.90 bits per heavy atom. The van der Waals surface area contributed by atoms with E-state index in [1.165, 1.54) is 17.7 Å². The molecule has 0 radical (unpaired) electrons. The summed E-state index contributed by atoms with van der Waals surface area (Å²) >= 11 is 0. The minimum Gasteiger partial charge on any atom is -0.508 e. The van der Waals surface area contributed by atoms with Gasteiger partial charge < -0.3 is 24.1 Å². The Labute approximate surface area is 301 Å². The number of carbonyl (C=O) groups excluding carboxylic acids is 4. The van der Waals surface area contributed by atoms with Gasteiger partial charge >= 0.3 is 0 Å². The van der Waals surface area contributed by atoms with Gasteiger partial charge in [-0.2, -0.15) is 0 Å². The molecule has 0 saturated carbocycles. The summed E-state index contributed by atoms with van der Waals surface area (Å²) in [4.78, 5) is 50.5. The molecule has 0 aromatic heterocycles. The van der Waals surface area contributed by atoms with Gasteiger partial charge in [-0.3, -0.25) is 29.4 Å². The standard InChI is InChI=1S/C41H40N2O9/c1-2-33(27-6-4-3-5-7-27)38(28-8-12-30(44)13-9-28)29-10-14-31(15-11-29)51-24-22-49-20-21-50-23-25-52-32-16-17-34-35(26-32)41(48)43(40(34)47)36-18-19-37(45)42-39(36)46/h3-17,26,36,44H,2,18-25H2,1H3,(H,42,45,46). The van der Waals surface area contributed by atoms with Crippen LogP contribution in [0, 0.1) is 0 Å². The largest absolute Gasteiger partial charge is 0.508 e. The van der Waals surface area contributed by atoms with Crippen LogP contribution in [0.3, 0.4) is 0 Å². The van der Waals surface area contributed by atoms with Crippen molar-refractivity contribution in [2.24, 2.45) is 0 Å². The molecule has 4 aromatic carbocycles. The van der Waals surface area contributed by atoms with Gasteiger partial charge in [-0.25, -0.2) is 0 Å². The fraction of sp³-hybridized carbons (Fsp3) is 0.268. The van der Waals surface area contributed by atoms with Gasteiger partial charge in [0, 0.05) is 6.42 Å². The lowest BCUT2D eigenvalue weighted by Crippen LogP contribution is -2.54. The van der Waals surface area contributed by atoms with Crippen molar-refractivity contribution in [3.63, 3.8) is 0 Å². The predicted molar refractivity (Wildman–Crippen MR) is 193 cm³/mol. The van der Waals surface area contributed by atoms with E-state index >= 15 is 0 Å². The van der Waals surface area contributed by atoms with Crippen LogP contribution in [0.2, 0.25) is 0 Å². The Balaban J connectivity index is 0.910. The Kier molecular flexibility index (Phi) is 11.7. The highest BCUT2D eigenvalue weighted by atomic mass is 16.6. The molecular weight excluding hydrogens is 664 g/mol. The molecule has 4 amide bonds. The van der Waals surface area contributed by atoms with Crippen molar-refractivity contribution < 1.29 is 43.2 Å². The average molecular weight is 705 g/mol. The molecule has 2 N–H and O–H groups in total. The fourth-order valence-corrected chi connectivity index (χ4v) is 6.32. The Morgan fingerprint density at radius 2 is 1.27 bits per heavy atom. The summed E-state index contributed by atoms with van der Waals surface area (Å²) in [5, 5.41) is 12.1. The number of phenolic OH excluding ortho intramolecular Hbond substituents is 1. The number of allylic oxidation sites excluding steroid dienone is 1. The van der Waals surface area contributed by atoms with Gasteiger partial charge in [0.25, 0.3) is 11.8 Å². The first-order valence-electron chi connectivity index (χ1n) is 17.3. The highest BCUT2D eigenvalue weighted by Gasteiger charge is 2.44. The highest BCUT2D eigenvalue weighted by Crippen LogP contribution is 2.36. The summed E-state index contributed by atoms with van der Waals surface area (Å²) in [6.45, 7) is 4.11. The molecule has 11 nitrogen and oxygen atoms in total. The summed E-state index contributed by atoms with van der Waals surface area (Å²) in [6.07, 6.45) is 0.992. The van der Waals surface area contributed by atoms with Crippen molar-refractivity contribution >= 4 is 34.8 Å². The maximum atomic E-state index is 13.0. The van der Waals surface area contributed by atoms with E-state index in [-0.39, 0.29) is 42.9 Å². The maximum absolute atomic E-state index is 13.0. The van der Waals surface area contributed by atoms with E-state index in [0.29, 0.717) is 32.2 Å². The molecule has 1 atom stereocenters. The van der Waals surface area contributed by atoms with Crippen molar-refractivity contribution in [1.82, 2.24) is 10.2 Å². The topological polar surface area (TPSA) is 141 Å². The van der Waals surface area contributed by atoms with Crippen molar-refractivity contribution in [1.29, 1.82) is 0 Å². The third-order valence-corrected chi connectivity index (χ3v) is 8.85. The SMILES string of the molecule is CCC(=C(c1ccc(O)cc1)c1ccc(OCCOCCOCCOc2ccc3c(c2)C(=O)N(C2CCC(=O)NC2=O)C3=O)cc1)c1ccccc1. The van der Waals surface area contributed by atoms with E-state index in [4.69, 9.17) is 18.9 Å². The predicted octanol–water partition coefficient (Wildman–Crippen LogP) is 5.65. The number of phenols is 1. The van der Waals surface area contributed by atoms with Gasteiger partial charge in [-0.15, -0.1) is 0 Å². The number of rotatable bonds is 16. The molecule has 268 valence electrons. The van der Waals surface area contributed by atoms with Crippen LogP contribution in [0.15, 0.2) is 97.1 Å². The highest BCUT2D eigenvalue weighted by molar-refractivity contribution is 6.23. The molecule has 2 heterocycles. The van der Waals surface area contributed by atoms with Crippen molar-refractivity contribution in [3.8, 4) is 17.2 Å². The van der Waals surface area contributed by atoms with E-state index in [1.807, 2.05) is 54.6 Å². The molecule has 2 aliphatic heterocycles. The molecular formula is C41H40N2O9. The number of hydrogen-bond donors (Lipinski definition) is 2. The molecule has 52 heavy (non-hydrogen) atoms. The number of fused-ring (bicyclic) bond motifs is 1.